The average Bonchev–Trinajstić information content (AvgIpc) is 2.53. The summed E-state index contributed by atoms with van der Waals surface area (Å²) in [6, 6.07) is 0. The van der Waals surface area contributed by atoms with Crippen LogP contribution in [0.15, 0.2) is 18.7 Å². The molecule has 0 saturated carbocycles. The predicted molar refractivity (Wildman–Crippen MR) is 64.1 cm³/mol. The molecule has 6 heteroatoms. The molecule has 0 aliphatic carbocycles. The Labute approximate surface area is 110 Å². The number of aromatic nitrogens is 2. The fraction of sp³-hybridized carbons (Fsp3) is 0.429. The first-order valence-corrected chi connectivity index (χ1v) is 5.14. The summed E-state index contributed by atoms with van der Waals surface area (Å²) in [5.74, 6) is 1.06. The summed E-state index contributed by atoms with van der Waals surface area (Å²) in [4.78, 5) is 3.89. The van der Waals surface area contributed by atoms with Crippen LogP contribution in [0.5, 0.6) is 0 Å². The van der Waals surface area contributed by atoms with E-state index >= 15 is 0 Å². The fourth-order valence-corrected chi connectivity index (χ4v) is 1.57. The van der Waals surface area contributed by atoms with E-state index in [9.17, 15) is 0 Å². The van der Waals surface area contributed by atoms with Crippen LogP contribution in [0.3, 0.4) is 0 Å². The normalized spacial score (nSPS) is 9.00. The van der Waals surface area contributed by atoms with Crippen LogP contribution >= 0.6 is 24.0 Å². The first-order valence-electron chi connectivity index (χ1n) is 3.74. The van der Waals surface area contributed by atoms with Gasteiger partial charge in [-0.15, -0.1) is 0 Å². The van der Waals surface area contributed by atoms with Crippen LogP contribution in [0, 0.1) is 0 Å². The maximum absolute atomic E-state index is 5.07. The van der Waals surface area contributed by atoms with Gasteiger partial charge in [-0.1, -0.05) is 30.9 Å². The van der Waals surface area contributed by atoms with Crippen molar-refractivity contribution in [1.82, 2.24) is 9.66 Å². The van der Waals surface area contributed by atoms with Crippen LogP contribution in [-0.2, 0) is 0 Å². The Morgan fingerprint density at radius 1 is 1.69 bits per heavy atom. The molecule has 0 radical (unpaired) electrons. The van der Waals surface area contributed by atoms with Crippen LogP contribution in [-0.4, -0.2) is 49.3 Å². The Kier molecular flexibility index (Phi) is 8.09. The first kappa shape index (κ1) is 13.4. The predicted octanol–water partition coefficient (Wildman–Crippen LogP) is 1.21. The van der Waals surface area contributed by atoms with Crippen molar-refractivity contribution < 1.29 is 0 Å². The molecule has 0 unspecified atom stereocenters. The van der Waals surface area contributed by atoms with Crippen molar-refractivity contribution in [2.45, 2.75) is 13.3 Å². The van der Waals surface area contributed by atoms with E-state index in [0.717, 1.165) is 16.5 Å². The molecule has 0 amide bonds. The molecule has 3 nitrogen and oxygen atoms in total. The Morgan fingerprint density at radius 2 is 2.46 bits per heavy atom. The molecular formula is C7H12N3NaS2. The van der Waals surface area contributed by atoms with Gasteiger partial charge in [0.1, 0.15) is 6.33 Å². The molecule has 0 atom stereocenters. The third-order valence-electron chi connectivity index (χ3n) is 1.16. The number of hydrogen-bond donors (Lipinski definition) is 1. The van der Waals surface area contributed by atoms with Gasteiger partial charge in [0.2, 0.25) is 0 Å². The third kappa shape index (κ3) is 5.70. The van der Waals surface area contributed by atoms with Crippen LogP contribution in [0.25, 0.3) is 0 Å². The van der Waals surface area contributed by atoms with Crippen LogP contribution < -0.4 is 5.43 Å². The molecule has 0 fully saturated rings. The molecule has 0 aliphatic heterocycles. The Morgan fingerprint density at radius 3 is 3.00 bits per heavy atom. The van der Waals surface area contributed by atoms with Gasteiger partial charge in [0.05, 0.1) is 0 Å². The molecule has 0 spiro atoms. The van der Waals surface area contributed by atoms with E-state index in [1.54, 1.807) is 29.0 Å². The minimum absolute atomic E-state index is 0. The van der Waals surface area contributed by atoms with Crippen LogP contribution in [0.4, 0.5) is 0 Å². The number of rotatable bonds is 3. The summed E-state index contributed by atoms with van der Waals surface area (Å²) >= 11 is 6.72. The standard InChI is InChI=1S/C7H11N3S2.Na.H/c1-2-5-12-7(11)9-10-4-3-8-6-10;;/h3-4,6H,2,5H2,1H3,(H,9,11);;. The van der Waals surface area contributed by atoms with E-state index < -0.39 is 0 Å². The van der Waals surface area contributed by atoms with Crippen molar-refractivity contribution in [1.29, 1.82) is 0 Å². The number of hydrogen-bond acceptors (Lipinski definition) is 3. The van der Waals surface area contributed by atoms with Gasteiger partial charge in [0, 0.05) is 18.1 Å². The van der Waals surface area contributed by atoms with Crippen molar-refractivity contribution in [3.63, 3.8) is 0 Å². The summed E-state index contributed by atoms with van der Waals surface area (Å²) in [6.07, 6.45) is 6.34. The maximum atomic E-state index is 5.07. The third-order valence-corrected chi connectivity index (χ3v) is 2.57. The van der Waals surface area contributed by atoms with Gasteiger partial charge in [-0.05, 0) is 6.42 Å². The summed E-state index contributed by atoms with van der Waals surface area (Å²) in [5.41, 5.74) is 3.01. The molecule has 13 heavy (non-hydrogen) atoms. The quantitative estimate of drug-likeness (QED) is 0.618. The van der Waals surface area contributed by atoms with E-state index in [-0.39, 0.29) is 29.6 Å². The molecule has 0 aliphatic rings. The number of thioether (sulfide) groups is 1. The van der Waals surface area contributed by atoms with Crippen molar-refractivity contribution in [3.8, 4) is 0 Å². The van der Waals surface area contributed by atoms with Crippen molar-refractivity contribution in [2.24, 2.45) is 0 Å². The number of nitrogens with zero attached hydrogens (tertiary/aromatic N) is 2. The summed E-state index contributed by atoms with van der Waals surface area (Å²) in [7, 11) is 0. The van der Waals surface area contributed by atoms with Crippen LogP contribution in [0.2, 0.25) is 0 Å². The molecule has 68 valence electrons. The molecule has 0 bridgehead atoms. The average molecular weight is 225 g/mol. The van der Waals surface area contributed by atoms with Gasteiger partial charge < -0.3 is 0 Å². The molecule has 1 rings (SSSR count). The van der Waals surface area contributed by atoms with E-state index in [0.29, 0.717) is 0 Å². The molecule has 1 N–H and O–H groups in total. The van der Waals surface area contributed by atoms with E-state index in [2.05, 4.69) is 17.3 Å². The second-order valence-corrected chi connectivity index (χ2v) is 3.99. The SMILES string of the molecule is CCCSC(=S)Nn1ccnc1.[NaH]. The number of thiocarbonyl (C=S) groups is 1. The second kappa shape index (κ2) is 7.82. The van der Waals surface area contributed by atoms with Crippen molar-refractivity contribution in [2.75, 3.05) is 11.2 Å². The summed E-state index contributed by atoms with van der Waals surface area (Å²) < 4.78 is 2.53. The molecule has 1 heterocycles. The number of imidazole rings is 1. The molecular weight excluding hydrogens is 213 g/mol. The Hall–Kier alpha value is 0.450. The Balaban J connectivity index is 0.00000144. The topological polar surface area (TPSA) is 29.9 Å². The summed E-state index contributed by atoms with van der Waals surface area (Å²) in [6.45, 7) is 2.13. The second-order valence-electron chi connectivity index (χ2n) is 2.22. The molecule has 1 aromatic rings. The Bertz CT molecular complexity index is 238. The first-order chi connectivity index (χ1) is 5.83. The van der Waals surface area contributed by atoms with Gasteiger partial charge in [-0.3, -0.25) is 5.43 Å². The fourth-order valence-electron chi connectivity index (χ4n) is 0.658. The van der Waals surface area contributed by atoms with Gasteiger partial charge in [-0.2, -0.15) is 0 Å². The zero-order valence-electron chi connectivity index (χ0n) is 6.86. The summed E-state index contributed by atoms with van der Waals surface area (Å²) in [5, 5.41) is 0. The molecule has 0 saturated heterocycles. The van der Waals surface area contributed by atoms with Gasteiger partial charge >= 0.3 is 29.6 Å². The van der Waals surface area contributed by atoms with Gasteiger partial charge in [-0.25, -0.2) is 9.66 Å². The zero-order chi connectivity index (χ0) is 8.81. The molecule has 1 aromatic heterocycles. The van der Waals surface area contributed by atoms with Gasteiger partial charge in [0.25, 0.3) is 0 Å². The van der Waals surface area contributed by atoms with Crippen LogP contribution in [0.1, 0.15) is 13.3 Å². The van der Waals surface area contributed by atoms with Gasteiger partial charge in [0.15, 0.2) is 4.32 Å². The van der Waals surface area contributed by atoms with Crippen molar-refractivity contribution >= 4 is 57.9 Å². The van der Waals surface area contributed by atoms with E-state index in [1.807, 2.05) is 6.20 Å². The molecule has 0 aromatic carbocycles. The monoisotopic (exact) mass is 225 g/mol. The zero-order valence-corrected chi connectivity index (χ0v) is 8.49. The van der Waals surface area contributed by atoms with E-state index in [1.165, 1.54) is 0 Å². The minimum atomic E-state index is 0. The number of nitrogens with one attached hydrogen (secondary N) is 1. The van der Waals surface area contributed by atoms with E-state index in [4.69, 9.17) is 12.2 Å². The van der Waals surface area contributed by atoms with Crippen molar-refractivity contribution in [3.05, 3.63) is 18.7 Å².